The van der Waals surface area contributed by atoms with Gasteiger partial charge in [0.2, 0.25) is 5.91 Å². The Kier molecular flexibility index (Phi) is 4.95. The average molecular weight is 257 g/mol. The lowest BCUT2D eigenvalue weighted by Crippen LogP contribution is -2.48. The smallest absolute Gasteiger partial charge is 0.235 e. The number of amides is 1. The average Bonchev–Trinajstić information content (AvgIpc) is 2.37. The Morgan fingerprint density at radius 1 is 1.50 bits per heavy atom. The van der Waals surface area contributed by atoms with Gasteiger partial charge in [-0.3, -0.25) is 4.79 Å². The van der Waals surface area contributed by atoms with Crippen molar-refractivity contribution < 1.29 is 14.7 Å². The highest BCUT2D eigenvalue weighted by molar-refractivity contribution is 6.05. The van der Waals surface area contributed by atoms with Crippen LogP contribution in [0.3, 0.4) is 0 Å². The summed E-state index contributed by atoms with van der Waals surface area (Å²) in [5, 5.41) is 11.6. The van der Waals surface area contributed by atoms with Gasteiger partial charge in [0.1, 0.15) is 5.41 Å². The third kappa shape index (κ3) is 3.35. The van der Waals surface area contributed by atoms with Gasteiger partial charge in [0.25, 0.3) is 0 Å². The molecule has 0 bridgehead atoms. The van der Waals surface area contributed by atoms with Crippen molar-refractivity contribution in [2.45, 2.75) is 26.7 Å². The van der Waals surface area contributed by atoms with E-state index in [1.165, 1.54) is 0 Å². The number of carbonyl (C=O) groups is 1. The van der Waals surface area contributed by atoms with Crippen molar-refractivity contribution in [2.24, 2.45) is 22.2 Å². The Hall–Kier alpha value is -1.30. The third-order valence-corrected chi connectivity index (χ3v) is 3.50. The molecule has 104 valence electrons. The van der Waals surface area contributed by atoms with Crippen LogP contribution in [0.4, 0.5) is 0 Å². The molecule has 6 heteroatoms. The van der Waals surface area contributed by atoms with E-state index in [0.717, 1.165) is 26.1 Å². The van der Waals surface area contributed by atoms with Gasteiger partial charge in [0.05, 0.1) is 0 Å². The zero-order valence-electron chi connectivity index (χ0n) is 11.3. The molecule has 1 amide bonds. The van der Waals surface area contributed by atoms with Gasteiger partial charge in [-0.25, -0.2) is 0 Å². The second-order valence-corrected chi connectivity index (χ2v) is 5.35. The summed E-state index contributed by atoms with van der Waals surface area (Å²) in [5.74, 6) is 0.270. The highest BCUT2D eigenvalue weighted by atomic mass is 16.5. The molecule has 0 aromatic heterocycles. The van der Waals surface area contributed by atoms with Crippen LogP contribution in [-0.4, -0.2) is 48.7 Å². The molecular weight excluding hydrogens is 234 g/mol. The van der Waals surface area contributed by atoms with E-state index in [1.807, 2.05) is 0 Å². The molecule has 1 heterocycles. The lowest BCUT2D eigenvalue weighted by molar-refractivity contribution is -0.136. The van der Waals surface area contributed by atoms with Gasteiger partial charge in [0, 0.05) is 26.8 Å². The van der Waals surface area contributed by atoms with Crippen molar-refractivity contribution in [3.63, 3.8) is 0 Å². The highest BCUT2D eigenvalue weighted by Crippen LogP contribution is 2.21. The molecule has 0 atom stereocenters. The molecule has 0 aromatic rings. The van der Waals surface area contributed by atoms with Crippen LogP contribution >= 0.6 is 0 Å². The van der Waals surface area contributed by atoms with Gasteiger partial charge in [-0.1, -0.05) is 5.16 Å². The summed E-state index contributed by atoms with van der Waals surface area (Å²) in [5.41, 5.74) is 4.58. The molecule has 0 aromatic carbocycles. The van der Waals surface area contributed by atoms with Crippen LogP contribution in [0.5, 0.6) is 0 Å². The second-order valence-electron chi connectivity index (χ2n) is 5.35. The van der Waals surface area contributed by atoms with Gasteiger partial charge in [-0.2, -0.15) is 0 Å². The van der Waals surface area contributed by atoms with Crippen molar-refractivity contribution in [1.82, 2.24) is 4.90 Å². The topological polar surface area (TPSA) is 88.2 Å². The number of ether oxygens (including phenoxy) is 1. The maximum atomic E-state index is 12.3. The molecule has 3 N–H and O–H groups in total. The Labute approximate surface area is 108 Å². The number of amidine groups is 1. The zero-order chi connectivity index (χ0) is 13.8. The quantitative estimate of drug-likeness (QED) is 0.335. The number of hydrogen-bond acceptors (Lipinski definition) is 4. The first kappa shape index (κ1) is 14.8. The summed E-state index contributed by atoms with van der Waals surface area (Å²) in [6.07, 6.45) is 1.95. The third-order valence-electron chi connectivity index (χ3n) is 3.50. The molecule has 0 aliphatic carbocycles. The molecule has 0 spiro atoms. The standard InChI is InChI=1S/C12H23N3O3/c1-12(2,10(13)14-17)11(16)15(3)8-9-4-6-18-7-5-9/h9,17H,4-8H2,1-3H3,(H2,13,14). The first-order valence-corrected chi connectivity index (χ1v) is 6.21. The monoisotopic (exact) mass is 257 g/mol. The number of oxime groups is 1. The molecule has 1 rings (SSSR count). The van der Waals surface area contributed by atoms with E-state index in [2.05, 4.69) is 5.16 Å². The predicted molar refractivity (Wildman–Crippen MR) is 68.4 cm³/mol. The van der Waals surface area contributed by atoms with Gasteiger partial charge in [-0.15, -0.1) is 0 Å². The summed E-state index contributed by atoms with van der Waals surface area (Å²) in [7, 11) is 1.75. The van der Waals surface area contributed by atoms with Crippen LogP contribution in [0.2, 0.25) is 0 Å². The zero-order valence-corrected chi connectivity index (χ0v) is 11.3. The first-order valence-electron chi connectivity index (χ1n) is 6.21. The van der Waals surface area contributed by atoms with Gasteiger partial charge >= 0.3 is 0 Å². The van der Waals surface area contributed by atoms with E-state index in [1.54, 1.807) is 25.8 Å². The molecule has 18 heavy (non-hydrogen) atoms. The fraction of sp³-hybridized carbons (Fsp3) is 0.833. The Morgan fingerprint density at radius 3 is 2.56 bits per heavy atom. The summed E-state index contributed by atoms with van der Waals surface area (Å²) >= 11 is 0. The van der Waals surface area contributed by atoms with Crippen LogP contribution in [0.15, 0.2) is 5.16 Å². The summed E-state index contributed by atoms with van der Waals surface area (Å²) in [4.78, 5) is 13.9. The Morgan fingerprint density at radius 2 is 2.06 bits per heavy atom. The van der Waals surface area contributed by atoms with Crippen molar-refractivity contribution in [2.75, 3.05) is 26.8 Å². The van der Waals surface area contributed by atoms with Crippen LogP contribution in [0, 0.1) is 11.3 Å². The van der Waals surface area contributed by atoms with Gasteiger partial charge < -0.3 is 20.6 Å². The van der Waals surface area contributed by atoms with E-state index in [4.69, 9.17) is 15.7 Å². The van der Waals surface area contributed by atoms with Crippen LogP contribution in [0.1, 0.15) is 26.7 Å². The van der Waals surface area contributed by atoms with Crippen LogP contribution < -0.4 is 5.73 Å². The molecule has 1 saturated heterocycles. The predicted octanol–water partition coefficient (Wildman–Crippen LogP) is 0.644. The molecule has 0 saturated carbocycles. The number of hydrogen-bond donors (Lipinski definition) is 2. The molecule has 0 radical (unpaired) electrons. The minimum Gasteiger partial charge on any atom is -0.409 e. The minimum atomic E-state index is -0.978. The number of nitrogens with zero attached hydrogens (tertiary/aromatic N) is 2. The minimum absolute atomic E-state index is 0.0636. The number of carbonyl (C=O) groups excluding carboxylic acids is 1. The van der Waals surface area contributed by atoms with E-state index in [9.17, 15) is 4.79 Å². The normalized spacial score (nSPS) is 18.7. The van der Waals surface area contributed by atoms with Crippen LogP contribution in [-0.2, 0) is 9.53 Å². The lowest BCUT2D eigenvalue weighted by Gasteiger charge is -2.32. The van der Waals surface area contributed by atoms with Gasteiger partial charge in [-0.05, 0) is 32.6 Å². The highest BCUT2D eigenvalue weighted by Gasteiger charge is 2.35. The largest absolute Gasteiger partial charge is 0.409 e. The summed E-state index contributed by atoms with van der Waals surface area (Å²) in [6, 6.07) is 0. The van der Waals surface area contributed by atoms with E-state index >= 15 is 0 Å². The summed E-state index contributed by atoms with van der Waals surface area (Å²) < 4.78 is 5.29. The van der Waals surface area contributed by atoms with Crippen molar-refractivity contribution >= 4 is 11.7 Å². The van der Waals surface area contributed by atoms with E-state index in [0.29, 0.717) is 12.5 Å². The van der Waals surface area contributed by atoms with Crippen LogP contribution in [0.25, 0.3) is 0 Å². The maximum absolute atomic E-state index is 12.3. The number of rotatable bonds is 4. The molecule has 1 aliphatic heterocycles. The Bertz CT molecular complexity index is 323. The molecule has 6 nitrogen and oxygen atoms in total. The molecular formula is C12H23N3O3. The van der Waals surface area contributed by atoms with E-state index in [-0.39, 0.29) is 11.7 Å². The van der Waals surface area contributed by atoms with Crippen molar-refractivity contribution in [3.05, 3.63) is 0 Å². The van der Waals surface area contributed by atoms with Crippen molar-refractivity contribution in [1.29, 1.82) is 0 Å². The van der Waals surface area contributed by atoms with Crippen molar-refractivity contribution in [3.8, 4) is 0 Å². The SMILES string of the molecule is CN(CC1CCOCC1)C(=O)C(C)(C)/C(N)=N/O. The van der Waals surface area contributed by atoms with E-state index < -0.39 is 5.41 Å². The molecule has 0 unspecified atom stereocenters. The second kappa shape index (κ2) is 6.04. The maximum Gasteiger partial charge on any atom is 0.235 e. The fourth-order valence-electron chi connectivity index (χ4n) is 2.11. The summed E-state index contributed by atoms with van der Waals surface area (Å²) in [6.45, 7) is 5.52. The Balaban J connectivity index is 2.60. The number of nitrogens with two attached hydrogens (primary N) is 1. The molecule has 1 aliphatic rings. The molecule has 1 fully saturated rings. The first-order chi connectivity index (χ1) is 8.39. The lowest BCUT2D eigenvalue weighted by atomic mass is 9.89. The van der Waals surface area contributed by atoms with Gasteiger partial charge in [0.15, 0.2) is 5.84 Å². The fourth-order valence-corrected chi connectivity index (χ4v) is 2.11.